The van der Waals surface area contributed by atoms with Gasteiger partial charge >= 0.3 is 0 Å². The Morgan fingerprint density at radius 2 is 1.72 bits per heavy atom. The Bertz CT molecular complexity index is 647. The summed E-state index contributed by atoms with van der Waals surface area (Å²) in [6, 6.07) is 12.9. The van der Waals surface area contributed by atoms with E-state index in [2.05, 4.69) is 66.3 Å². The van der Waals surface area contributed by atoms with Crippen LogP contribution >= 0.6 is 11.3 Å². The molecule has 25 heavy (non-hydrogen) atoms. The van der Waals surface area contributed by atoms with Crippen molar-refractivity contribution >= 4 is 17.2 Å². The van der Waals surface area contributed by atoms with Crippen LogP contribution in [0.1, 0.15) is 56.7 Å². The van der Waals surface area contributed by atoms with Gasteiger partial charge < -0.3 is 5.32 Å². The molecule has 0 aliphatic rings. The van der Waals surface area contributed by atoms with E-state index in [0.29, 0.717) is 5.92 Å². The van der Waals surface area contributed by atoms with Crippen molar-refractivity contribution < 1.29 is 4.79 Å². The van der Waals surface area contributed by atoms with Crippen LogP contribution in [-0.4, -0.2) is 18.0 Å². The molecule has 0 radical (unpaired) electrons. The molecule has 1 heterocycles. The Labute approximate surface area is 155 Å². The average Bonchev–Trinajstić information content (AvgIpc) is 3.06. The van der Waals surface area contributed by atoms with Gasteiger partial charge in [-0.15, -0.1) is 11.3 Å². The molecular weight excluding hydrogens is 328 g/mol. The van der Waals surface area contributed by atoms with Crippen LogP contribution < -0.4 is 10.6 Å². The molecule has 2 rings (SSSR count). The molecule has 3 nitrogen and oxygen atoms in total. The van der Waals surface area contributed by atoms with E-state index in [1.165, 1.54) is 16.0 Å². The Morgan fingerprint density at radius 3 is 2.24 bits per heavy atom. The van der Waals surface area contributed by atoms with Crippen LogP contribution in [0.5, 0.6) is 0 Å². The van der Waals surface area contributed by atoms with Crippen LogP contribution in [0.15, 0.2) is 41.8 Å². The van der Waals surface area contributed by atoms with Crippen LogP contribution in [-0.2, 0) is 11.2 Å². The number of carbonyl (C=O) groups excluding carboxylic acids is 1. The van der Waals surface area contributed by atoms with Crippen molar-refractivity contribution in [3.05, 3.63) is 57.8 Å². The van der Waals surface area contributed by atoms with Crippen molar-refractivity contribution in [2.24, 2.45) is 5.92 Å². The van der Waals surface area contributed by atoms with E-state index in [-0.39, 0.29) is 24.0 Å². The molecule has 4 heteroatoms. The van der Waals surface area contributed by atoms with Crippen LogP contribution in [0.2, 0.25) is 0 Å². The fraction of sp³-hybridized carbons (Fsp3) is 0.476. The number of carbonyl (C=O) groups is 1. The van der Waals surface area contributed by atoms with Gasteiger partial charge in [0.15, 0.2) is 0 Å². The third-order valence-electron chi connectivity index (χ3n) is 4.03. The zero-order chi connectivity index (χ0) is 18.4. The normalized spacial score (nSPS) is 13.9. The van der Waals surface area contributed by atoms with E-state index in [0.717, 1.165) is 6.42 Å². The van der Waals surface area contributed by atoms with Gasteiger partial charge in [0.25, 0.3) is 0 Å². The zero-order valence-corrected chi connectivity index (χ0v) is 16.7. The quantitative estimate of drug-likeness (QED) is 0.727. The average molecular weight is 359 g/mol. The molecule has 1 amide bonds. The van der Waals surface area contributed by atoms with E-state index >= 15 is 0 Å². The van der Waals surface area contributed by atoms with Gasteiger partial charge in [-0.05, 0) is 55.7 Å². The fourth-order valence-corrected chi connectivity index (χ4v) is 3.66. The van der Waals surface area contributed by atoms with Crippen LogP contribution in [0.3, 0.4) is 0 Å². The lowest BCUT2D eigenvalue weighted by atomic mass is 9.98. The molecule has 0 unspecified atom stereocenters. The first-order valence-corrected chi connectivity index (χ1v) is 9.93. The summed E-state index contributed by atoms with van der Waals surface area (Å²) in [6.07, 6.45) is 1.09. The molecule has 2 aromatic rings. The number of benzene rings is 1. The number of rotatable bonds is 8. The standard InChI is InChI=1S/C21H30N2OS/c1-14(2)13-17-8-10-18(11-9-17)20(19-7-6-12-25-19)23-16(5)21(24)22-15(3)4/h6-12,14-16,20,23H,13H2,1-5H3,(H,22,24)/t16-,20+/m0/s1. The van der Waals surface area contributed by atoms with Crippen LogP contribution in [0.25, 0.3) is 0 Å². The molecule has 0 bridgehead atoms. The summed E-state index contributed by atoms with van der Waals surface area (Å²) in [5, 5.41) is 8.56. The lowest BCUT2D eigenvalue weighted by Gasteiger charge is -2.23. The molecule has 1 aromatic carbocycles. The van der Waals surface area contributed by atoms with Gasteiger partial charge in [0.1, 0.15) is 0 Å². The molecule has 0 saturated heterocycles. The minimum atomic E-state index is -0.259. The first kappa shape index (κ1) is 19.7. The minimum Gasteiger partial charge on any atom is -0.353 e. The summed E-state index contributed by atoms with van der Waals surface area (Å²) in [7, 11) is 0. The largest absolute Gasteiger partial charge is 0.353 e. The molecule has 0 aliphatic heterocycles. The third kappa shape index (κ3) is 5.98. The van der Waals surface area contributed by atoms with Gasteiger partial charge in [0, 0.05) is 10.9 Å². The Hall–Kier alpha value is -1.65. The molecule has 2 N–H and O–H groups in total. The van der Waals surface area contributed by atoms with Gasteiger partial charge in [-0.2, -0.15) is 0 Å². The van der Waals surface area contributed by atoms with Gasteiger partial charge in [0.05, 0.1) is 12.1 Å². The molecule has 1 aromatic heterocycles. The highest BCUT2D eigenvalue weighted by Crippen LogP contribution is 2.27. The molecule has 136 valence electrons. The highest BCUT2D eigenvalue weighted by atomic mass is 32.1. The Balaban J connectivity index is 2.18. The van der Waals surface area contributed by atoms with E-state index in [1.807, 2.05) is 20.8 Å². The van der Waals surface area contributed by atoms with E-state index in [1.54, 1.807) is 11.3 Å². The molecule has 0 aliphatic carbocycles. The number of amides is 1. The zero-order valence-electron chi connectivity index (χ0n) is 15.9. The van der Waals surface area contributed by atoms with Crippen molar-refractivity contribution in [3.63, 3.8) is 0 Å². The van der Waals surface area contributed by atoms with Crippen LogP contribution in [0, 0.1) is 5.92 Å². The second kappa shape index (κ2) is 9.16. The monoisotopic (exact) mass is 358 g/mol. The van der Waals surface area contributed by atoms with Gasteiger partial charge in [-0.3, -0.25) is 10.1 Å². The summed E-state index contributed by atoms with van der Waals surface area (Å²) < 4.78 is 0. The maximum atomic E-state index is 12.3. The maximum absolute atomic E-state index is 12.3. The summed E-state index contributed by atoms with van der Waals surface area (Å²) in [5.41, 5.74) is 2.55. The topological polar surface area (TPSA) is 41.1 Å². The SMILES string of the molecule is CC(C)Cc1ccc([C@@H](N[C@@H](C)C(=O)NC(C)C)c2cccs2)cc1. The summed E-state index contributed by atoms with van der Waals surface area (Å²) in [4.78, 5) is 13.5. The number of hydrogen-bond acceptors (Lipinski definition) is 3. The van der Waals surface area contributed by atoms with E-state index < -0.39 is 0 Å². The third-order valence-corrected chi connectivity index (χ3v) is 4.96. The smallest absolute Gasteiger partial charge is 0.237 e. The maximum Gasteiger partial charge on any atom is 0.237 e. The summed E-state index contributed by atoms with van der Waals surface area (Å²) in [5.74, 6) is 0.685. The Kier molecular flexibility index (Phi) is 7.21. The van der Waals surface area contributed by atoms with E-state index in [9.17, 15) is 4.79 Å². The lowest BCUT2D eigenvalue weighted by molar-refractivity contribution is -0.123. The second-order valence-corrected chi connectivity index (χ2v) is 8.32. The highest BCUT2D eigenvalue weighted by Gasteiger charge is 2.21. The molecular formula is C21H30N2OS. The summed E-state index contributed by atoms with van der Waals surface area (Å²) >= 11 is 1.71. The second-order valence-electron chi connectivity index (χ2n) is 7.34. The van der Waals surface area contributed by atoms with Gasteiger partial charge in [-0.1, -0.05) is 44.2 Å². The van der Waals surface area contributed by atoms with Crippen molar-refractivity contribution in [1.82, 2.24) is 10.6 Å². The van der Waals surface area contributed by atoms with Crippen molar-refractivity contribution in [1.29, 1.82) is 0 Å². The Morgan fingerprint density at radius 1 is 1.04 bits per heavy atom. The highest BCUT2D eigenvalue weighted by molar-refractivity contribution is 7.10. The molecule has 0 saturated carbocycles. The number of thiophene rings is 1. The van der Waals surface area contributed by atoms with Gasteiger partial charge in [0.2, 0.25) is 5.91 Å². The predicted molar refractivity (Wildman–Crippen MR) is 107 cm³/mol. The minimum absolute atomic E-state index is 0.0287. The number of nitrogens with one attached hydrogen (secondary N) is 2. The first-order chi connectivity index (χ1) is 11.9. The van der Waals surface area contributed by atoms with E-state index in [4.69, 9.17) is 0 Å². The molecule has 0 fully saturated rings. The predicted octanol–water partition coefficient (Wildman–Crippen LogP) is 4.54. The first-order valence-electron chi connectivity index (χ1n) is 9.05. The van der Waals surface area contributed by atoms with Gasteiger partial charge in [-0.25, -0.2) is 0 Å². The lowest BCUT2D eigenvalue weighted by Crippen LogP contribution is -2.45. The molecule has 0 spiro atoms. The number of hydrogen-bond donors (Lipinski definition) is 2. The van der Waals surface area contributed by atoms with Crippen LogP contribution in [0.4, 0.5) is 0 Å². The summed E-state index contributed by atoms with van der Waals surface area (Å²) in [6.45, 7) is 10.4. The van der Waals surface area contributed by atoms with Crippen molar-refractivity contribution in [3.8, 4) is 0 Å². The van der Waals surface area contributed by atoms with Crippen molar-refractivity contribution in [2.45, 2.75) is 59.2 Å². The molecule has 2 atom stereocenters. The fourth-order valence-electron chi connectivity index (χ4n) is 2.85. The van der Waals surface area contributed by atoms with Crippen molar-refractivity contribution in [2.75, 3.05) is 0 Å².